The SMILES string of the molecule is C[C@@H]1CN(C(=O)CCCc2nc(C(C)(C)C)no2)[C@@H](C)CO1. The minimum absolute atomic E-state index is 0.114. The van der Waals surface area contributed by atoms with Crippen LogP contribution >= 0.6 is 0 Å². The molecule has 0 spiro atoms. The lowest BCUT2D eigenvalue weighted by Gasteiger charge is -2.36. The average Bonchev–Trinajstić information content (AvgIpc) is 2.90. The predicted octanol–water partition coefficient (Wildman–Crippen LogP) is 2.33. The molecule has 1 aliphatic rings. The number of amides is 1. The van der Waals surface area contributed by atoms with Gasteiger partial charge in [0.05, 0.1) is 18.8 Å². The van der Waals surface area contributed by atoms with Gasteiger partial charge in [0.15, 0.2) is 5.82 Å². The van der Waals surface area contributed by atoms with E-state index in [-0.39, 0.29) is 23.5 Å². The molecule has 0 bridgehead atoms. The van der Waals surface area contributed by atoms with Gasteiger partial charge in [0, 0.05) is 24.8 Å². The third-order valence-corrected chi connectivity index (χ3v) is 3.85. The quantitative estimate of drug-likeness (QED) is 0.854. The number of hydrogen-bond acceptors (Lipinski definition) is 5. The van der Waals surface area contributed by atoms with Gasteiger partial charge in [-0.1, -0.05) is 25.9 Å². The number of hydrogen-bond donors (Lipinski definition) is 0. The Hall–Kier alpha value is -1.43. The Labute approximate surface area is 132 Å². The number of carbonyl (C=O) groups is 1. The smallest absolute Gasteiger partial charge is 0.226 e. The molecule has 0 unspecified atom stereocenters. The summed E-state index contributed by atoms with van der Waals surface area (Å²) in [6, 6.07) is 0.152. The van der Waals surface area contributed by atoms with Gasteiger partial charge in [0.25, 0.3) is 0 Å². The number of carbonyl (C=O) groups excluding carboxylic acids is 1. The van der Waals surface area contributed by atoms with Gasteiger partial charge in [-0.2, -0.15) is 4.98 Å². The number of ether oxygens (including phenoxy) is 1. The Bertz CT molecular complexity index is 507. The molecular formula is C16H27N3O3. The summed E-state index contributed by atoms with van der Waals surface area (Å²) in [5, 5.41) is 4.00. The van der Waals surface area contributed by atoms with E-state index in [1.54, 1.807) is 0 Å². The lowest BCUT2D eigenvalue weighted by molar-refractivity contribution is -0.143. The van der Waals surface area contributed by atoms with Gasteiger partial charge in [-0.3, -0.25) is 4.79 Å². The maximum absolute atomic E-state index is 12.3. The van der Waals surface area contributed by atoms with Gasteiger partial charge in [-0.15, -0.1) is 0 Å². The molecule has 1 amide bonds. The van der Waals surface area contributed by atoms with Crippen molar-refractivity contribution in [2.24, 2.45) is 0 Å². The molecule has 0 radical (unpaired) electrons. The zero-order valence-corrected chi connectivity index (χ0v) is 14.3. The Morgan fingerprint density at radius 3 is 2.73 bits per heavy atom. The third-order valence-electron chi connectivity index (χ3n) is 3.85. The van der Waals surface area contributed by atoms with Crippen LogP contribution in [-0.4, -0.2) is 46.2 Å². The highest BCUT2D eigenvalue weighted by Gasteiger charge is 2.27. The van der Waals surface area contributed by atoms with E-state index >= 15 is 0 Å². The summed E-state index contributed by atoms with van der Waals surface area (Å²) in [6.45, 7) is 11.5. The van der Waals surface area contributed by atoms with Crippen molar-refractivity contribution in [1.29, 1.82) is 0 Å². The molecule has 6 heteroatoms. The summed E-state index contributed by atoms with van der Waals surface area (Å²) in [7, 11) is 0. The first-order valence-corrected chi connectivity index (χ1v) is 8.01. The van der Waals surface area contributed by atoms with Crippen LogP contribution in [0.1, 0.15) is 59.2 Å². The first-order chi connectivity index (χ1) is 10.3. The Kier molecular flexibility index (Phi) is 5.21. The minimum Gasteiger partial charge on any atom is -0.375 e. The summed E-state index contributed by atoms with van der Waals surface area (Å²) in [5.41, 5.74) is -0.114. The number of nitrogens with zero attached hydrogens (tertiary/aromatic N) is 3. The van der Waals surface area contributed by atoms with Crippen molar-refractivity contribution in [3.63, 3.8) is 0 Å². The van der Waals surface area contributed by atoms with Gasteiger partial charge in [-0.25, -0.2) is 0 Å². The first kappa shape index (κ1) is 16.9. The summed E-state index contributed by atoms with van der Waals surface area (Å²) < 4.78 is 10.8. The molecular weight excluding hydrogens is 282 g/mol. The van der Waals surface area contributed by atoms with Crippen molar-refractivity contribution in [3.05, 3.63) is 11.7 Å². The summed E-state index contributed by atoms with van der Waals surface area (Å²) in [6.07, 6.45) is 1.99. The highest BCUT2D eigenvalue weighted by Crippen LogP contribution is 2.19. The van der Waals surface area contributed by atoms with Crippen molar-refractivity contribution >= 4 is 5.91 Å². The molecule has 0 N–H and O–H groups in total. The Balaban J connectivity index is 1.80. The lowest BCUT2D eigenvalue weighted by Crippen LogP contribution is -2.50. The summed E-state index contributed by atoms with van der Waals surface area (Å²) >= 11 is 0. The predicted molar refractivity (Wildman–Crippen MR) is 82.5 cm³/mol. The molecule has 1 aliphatic heterocycles. The number of morpholine rings is 1. The fourth-order valence-electron chi connectivity index (χ4n) is 2.45. The number of aryl methyl sites for hydroxylation is 1. The first-order valence-electron chi connectivity index (χ1n) is 8.01. The molecule has 2 heterocycles. The van der Waals surface area contributed by atoms with Gasteiger partial charge in [0.2, 0.25) is 11.8 Å². The lowest BCUT2D eigenvalue weighted by atomic mass is 9.96. The molecule has 1 fully saturated rings. The fraction of sp³-hybridized carbons (Fsp3) is 0.812. The molecule has 1 aromatic rings. The van der Waals surface area contributed by atoms with Crippen LogP contribution in [0.3, 0.4) is 0 Å². The Morgan fingerprint density at radius 1 is 1.36 bits per heavy atom. The van der Waals surface area contributed by atoms with Gasteiger partial charge >= 0.3 is 0 Å². The zero-order valence-electron chi connectivity index (χ0n) is 14.3. The van der Waals surface area contributed by atoms with E-state index < -0.39 is 0 Å². The monoisotopic (exact) mass is 309 g/mol. The zero-order chi connectivity index (χ0) is 16.3. The standard InChI is InChI=1S/C16H27N3O3/c1-11-10-21-12(2)9-19(11)14(20)8-6-7-13-17-15(18-22-13)16(3,4)5/h11-12H,6-10H2,1-5H3/t11-,12+/m0/s1. The molecule has 1 aromatic heterocycles. The van der Waals surface area contributed by atoms with Crippen LogP contribution in [0.2, 0.25) is 0 Å². The molecule has 124 valence electrons. The second-order valence-corrected chi connectivity index (χ2v) is 7.15. The van der Waals surface area contributed by atoms with Crippen molar-refractivity contribution in [3.8, 4) is 0 Å². The summed E-state index contributed by atoms with van der Waals surface area (Å²) in [4.78, 5) is 18.6. The van der Waals surface area contributed by atoms with Gasteiger partial charge < -0.3 is 14.2 Å². The van der Waals surface area contributed by atoms with Crippen molar-refractivity contribution < 1.29 is 14.1 Å². The number of aromatic nitrogens is 2. The van der Waals surface area contributed by atoms with Crippen LogP contribution in [0, 0.1) is 0 Å². The van der Waals surface area contributed by atoms with Crippen molar-refractivity contribution in [2.75, 3.05) is 13.2 Å². The Morgan fingerprint density at radius 2 is 2.09 bits per heavy atom. The van der Waals surface area contributed by atoms with E-state index in [1.165, 1.54) is 0 Å². The third kappa shape index (κ3) is 4.29. The van der Waals surface area contributed by atoms with E-state index in [0.717, 1.165) is 6.42 Å². The molecule has 1 saturated heterocycles. The topological polar surface area (TPSA) is 68.5 Å². The molecule has 0 aromatic carbocycles. The number of rotatable bonds is 4. The fourth-order valence-corrected chi connectivity index (χ4v) is 2.45. The molecule has 0 aliphatic carbocycles. The van der Waals surface area contributed by atoms with Gasteiger partial charge in [-0.05, 0) is 20.3 Å². The molecule has 0 saturated carbocycles. The second kappa shape index (κ2) is 6.77. The van der Waals surface area contributed by atoms with E-state index in [4.69, 9.17) is 9.26 Å². The van der Waals surface area contributed by atoms with Crippen molar-refractivity contribution in [2.45, 2.75) is 71.4 Å². The van der Waals surface area contributed by atoms with Crippen LogP contribution in [0.5, 0.6) is 0 Å². The van der Waals surface area contributed by atoms with E-state index in [0.29, 0.717) is 37.7 Å². The minimum atomic E-state index is -0.114. The van der Waals surface area contributed by atoms with Crippen molar-refractivity contribution in [1.82, 2.24) is 15.0 Å². The van der Waals surface area contributed by atoms with E-state index in [2.05, 4.69) is 10.1 Å². The maximum Gasteiger partial charge on any atom is 0.226 e. The largest absolute Gasteiger partial charge is 0.375 e. The molecule has 22 heavy (non-hydrogen) atoms. The molecule has 2 rings (SSSR count). The van der Waals surface area contributed by atoms with Crippen LogP contribution < -0.4 is 0 Å². The van der Waals surface area contributed by atoms with Crippen LogP contribution in [0.15, 0.2) is 4.52 Å². The van der Waals surface area contributed by atoms with E-state index in [1.807, 2.05) is 39.5 Å². The molecule has 2 atom stereocenters. The molecule has 6 nitrogen and oxygen atoms in total. The highest BCUT2D eigenvalue weighted by atomic mass is 16.5. The maximum atomic E-state index is 12.3. The van der Waals surface area contributed by atoms with Crippen LogP contribution in [0.25, 0.3) is 0 Å². The highest BCUT2D eigenvalue weighted by molar-refractivity contribution is 5.76. The van der Waals surface area contributed by atoms with E-state index in [9.17, 15) is 4.79 Å². The normalized spacial score (nSPS) is 22.9. The van der Waals surface area contributed by atoms with Gasteiger partial charge in [0.1, 0.15) is 0 Å². The second-order valence-electron chi connectivity index (χ2n) is 7.15. The van der Waals surface area contributed by atoms with Crippen LogP contribution in [-0.2, 0) is 21.4 Å². The average molecular weight is 309 g/mol. The van der Waals surface area contributed by atoms with Crippen LogP contribution in [0.4, 0.5) is 0 Å². The summed E-state index contributed by atoms with van der Waals surface area (Å²) in [5.74, 6) is 1.50.